The molecule has 0 aliphatic rings. The third-order valence-electron chi connectivity index (χ3n) is 2.10. The van der Waals surface area contributed by atoms with Gasteiger partial charge < -0.3 is 15.8 Å². The summed E-state index contributed by atoms with van der Waals surface area (Å²) in [6, 6.07) is 3.74. The van der Waals surface area contributed by atoms with Crippen LogP contribution in [-0.4, -0.2) is 29.1 Å². The molecular formula is C9H12F2N4O3. The maximum atomic E-state index is 12.1. The molecule has 7 nitrogen and oxygen atoms in total. The summed E-state index contributed by atoms with van der Waals surface area (Å²) in [5.41, 5.74) is 2.42. The highest BCUT2D eigenvalue weighted by molar-refractivity contribution is 5.63. The van der Waals surface area contributed by atoms with Crippen molar-refractivity contribution in [3.63, 3.8) is 0 Å². The van der Waals surface area contributed by atoms with E-state index in [2.05, 4.69) is 10.7 Å². The first-order valence-corrected chi connectivity index (χ1v) is 4.90. The first-order valence-electron chi connectivity index (χ1n) is 4.90. The molecule has 0 saturated heterocycles. The highest BCUT2D eigenvalue weighted by Gasteiger charge is 2.17. The number of anilines is 2. The van der Waals surface area contributed by atoms with E-state index in [1.54, 1.807) is 0 Å². The van der Waals surface area contributed by atoms with Crippen molar-refractivity contribution in [2.45, 2.75) is 12.5 Å². The van der Waals surface area contributed by atoms with Gasteiger partial charge in [-0.15, -0.1) is 0 Å². The second-order valence-electron chi connectivity index (χ2n) is 3.45. The van der Waals surface area contributed by atoms with Gasteiger partial charge in [0.25, 0.3) is 12.1 Å². The molecule has 0 aliphatic carbocycles. The van der Waals surface area contributed by atoms with Gasteiger partial charge in [0.05, 0.1) is 10.6 Å². The summed E-state index contributed by atoms with van der Waals surface area (Å²) in [4.78, 5) is 9.96. The van der Waals surface area contributed by atoms with Crippen molar-refractivity contribution in [2.24, 2.45) is 5.84 Å². The van der Waals surface area contributed by atoms with E-state index < -0.39 is 24.0 Å². The molecule has 0 amide bonds. The zero-order valence-electron chi connectivity index (χ0n) is 9.14. The molecule has 0 radical (unpaired) electrons. The number of halogens is 2. The van der Waals surface area contributed by atoms with Gasteiger partial charge in [0.2, 0.25) is 0 Å². The van der Waals surface area contributed by atoms with Crippen LogP contribution in [0.5, 0.6) is 0 Å². The molecular weight excluding hydrogens is 250 g/mol. The van der Waals surface area contributed by atoms with Crippen LogP contribution in [0.25, 0.3) is 0 Å². The molecule has 5 N–H and O–H groups in total. The topological polar surface area (TPSA) is 113 Å². The number of hydrazine groups is 1. The minimum absolute atomic E-state index is 0.205. The van der Waals surface area contributed by atoms with Crippen LogP contribution in [0, 0.1) is 10.1 Å². The lowest BCUT2D eigenvalue weighted by Gasteiger charge is -2.12. The number of nitrogens with two attached hydrogens (primary N) is 1. The van der Waals surface area contributed by atoms with Crippen LogP contribution in [0.15, 0.2) is 18.2 Å². The summed E-state index contributed by atoms with van der Waals surface area (Å²) < 4.78 is 24.1. The molecule has 0 aliphatic heterocycles. The Morgan fingerprint density at radius 2 is 2.00 bits per heavy atom. The van der Waals surface area contributed by atoms with Gasteiger partial charge >= 0.3 is 0 Å². The number of alkyl halides is 2. The van der Waals surface area contributed by atoms with Gasteiger partial charge in [-0.05, 0) is 6.07 Å². The van der Waals surface area contributed by atoms with Crippen molar-refractivity contribution in [3.05, 3.63) is 28.3 Å². The Morgan fingerprint density at radius 1 is 1.39 bits per heavy atom. The normalized spacial score (nSPS) is 12.3. The molecule has 100 valence electrons. The van der Waals surface area contributed by atoms with E-state index in [9.17, 15) is 18.9 Å². The number of nitrogen functional groups attached to an aromatic ring is 1. The summed E-state index contributed by atoms with van der Waals surface area (Å²) in [5, 5.41) is 22.0. The molecule has 0 aromatic heterocycles. The van der Waals surface area contributed by atoms with Gasteiger partial charge in [-0.1, -0.05) is 0 Å². The maximum absolute atomic E-state index is 12.1. The molecule has 0 spiro atoms. The lowest BCUT2D eigenvalue weighted by Crippen LogP contribution is -2.26. The van der Waals surface area contributed by atoms with E-state index in [4.69, 9.17) is 10.9 Å². The second kappa shape index (κ2) is 6.07. The quantitative estimate of drug-likeness (QED) is 0.344. The van der Waals surface area contributed by atoms with Crippen molar-refractivity contribution in [3.8, 4) is 0 Å². The monoisotopic (exact) mass is 262 g/mol. The Labute approximate surface area is 101 Å². The molecule has 1 unspecified atom stereocenters. The molecule has 1 aromatic rings. The van der Waals surface area contributed by atoms with E-state index in [0.717, 1.165) is 6.07 Å². The Bertz CT molecular complexity index is 430. The number of hydrogen-bond donors (Lipinski definition) is 4. The van der Waals surface area contributed by atoms with Crippen molar-refractivity contribution in [1.29, 1.82) is 0 Å². The van der Waals surface area contributed by atoms with Gasteiger partial charge in [-0.25, -0.2) is 8.78 Å². The summed E-state index contributed by atoms with van der Waals surface area (Å²) in [5.74, 6) is 5.12. The van der Waals surface area contributed by atoms with Crippen LogP contribution in [0.3, 0.4) is 0 Å². The molecule has 1 rings (SSSR count). The molecule has 0 fully saturated rings. The lowest BCUT2D eigenvalue weighted by atomic mass is 10.2. The molecule has 18 heavy (non-hydrogen) atoms. The molecule has 1 aromatic carbocycles. The molecule has 1 atom stereocenters. The number of hydrogen-bond acceptors (Lipinski definition) is 6. The minimum Gasteiger partial charge on any atom is -0.385 e. The number of aliphatic hydroxyl groups excluding tert-OH is 1. The van der Waals surface area contributed by atoms with E-state index in [0.29, 0.717) is 0 Å². The number of rotatable bonds is 6. The smallest absolute Gasteiger partial charge is 0.273 e. The maximum Gasteiger partial charge on any atom is 0.273 e. The number of nitrogens with one attached hydrogen (secondary N) is 2. The Morgan fingerprint density at radius 3 is 2.50 bits per heavy atom. The van der Waals surface area contributed by atoms with Crippen molar-refractivity contribution >= 4 is 17.1 Å². The van der Waals surface area contributed by atoms with Gasteiger partial charge in [-0.2, -0.15) is 0 Å². The first-order chi connectivity index (χ1) is 8.43. The number of non-ortho nitro benzene ring substituents is 1. The average Bonchev–Trinajstić information content (AvgIpc) is 2.35. The summed E-state index contributed by atoms with van der Waals surface area (Å²) in [6.45, 7) is -0.428. The Kier molecular flexibility index (Phi) is 4.75. The van der Waals surface area contributed by atoms with Crippen molar-refractivity contribution in [2.75, 3.05) is 17.3 Å². The van der Waals surface area contributed by atoms with Gasteiger partial charge in [0.1, 0.15) is 6.10 Å². The Balaban J connectivity index is 2.81. The van der Waals surface area contributed by atoms with Gasteiger partial charge in [-0.3, -0.25) is 16.0 Å². The van der Waals surface area contributed by atoms with Crippen LogP contribution < -0.4 is 16.6 Å². The highest BCUT2D eigenvalue weighted by atomic mass is 19.3. The third-order valence-corrected chi connectivity index (χ3v) is 2.10. The van der Waals surface area contributed by atoms with E-state index in [1.165, 1.54) is 12.1 Å². The first kappa shape index (κ1) is 14.1. The number of nitrogens with zero attached hydrogens (tertiary/aromatic N) is 1. The number of aliphatic hydroxyl groups is 1. The molecule has 0 saturated carbocycles. The fraction of sp³-hybridized carbons (Fsp3) is 0.333. The minimum atomic E-state index is -2.89. The summed E-state index contributed by atoms with van der Waals surface area (Å²) in [6.07, 6.45) is -4.73. The zero-order chi connectivity index (χ0) is 13.7. The van der Waals surface area contributed by atoms with Crippen LogP contribution in [0.1, 0.15) is 0 Å². The predicted molar refractivity (Wildman–Crippen MR) is 61.4 cm³/mol. The zero-order valence-corrected chi connectivity index (χ0v) is 9.14. The van der Waals surface area contributed by atoms with Crippen molar-refractivity contribution < 1.29 is 18.8 Å². The third kappa shape index (κ3) is 3.79. The summed E-state index contributed by atoms with van der Waals surface area (Å²) in [7, 11) is 0. The standard InChI is InChI=1S/C9H12F2N4O3/c10-9(11)8(16)4-13-5-1-6(14-12)3-7(2-5)15(17)18/h1-3,8-9,13-14,16H,4,12H2. The van der Waals surface area contributed by atoms with Crippen LogP contribution in [0.4, 0.5) is 25.8 Å². The van der Waals surface area contributed by atoms with Crippen molar-refractivity contribution in [1.82, 2.24) is 0 Å². The summed E-state index contributed by atoms with van der Waals surface area (Å²) >= 11 is 0. The van der Waals surface area contributed by atoms with Crippen LogP contribution in [-0.2, 0) is 0 Å². The highest BCUT2D eigenvalue weighted by Crippen LogP contribution is 2.23. The van der Waals surface area contributed by atoms with Gasteiger partial charge in [0, 0.05) is 24.4 Å². The number of nitro benzene ring substituents is 1. The molecule has 9 heteroatoms. The van der Waals surface area contributed by atoms with Crippen LogP contribution in [0.2, 0.25) is 0 Å². The number of nitro groups is 1. The number of benzene rings is 1. The SMILES string of the molecule is NNc1cc(NCC(O)C(F)F)cc([N+](=O)[O-])c1. The van der Waals surface area contributed by atoms with E-state index in [-0.39, 0.29) is 17.1 Å². The molecule has 0 bridgehead atoms. The molecule has 0 heterocycles. The largest absolute Gasteiger partial charge is 0.385 e. The van der Waals surface area contributed by atoms with Gasteiger partial charge in [0.15, 0.2) is 0 Å². The fourth-order valence-electron chi connectivity index (χ4n) is 1.21. The predicted octanol–water partition coefficient (Wildman–Crippen LogP) is 0.918. The second-order valence-corrected chi connectivity index (χ2v) is 3.45. The lowest BCUT2D eigenvalue weighted by molar-refractivity contribution is -0.384. The Hall–Kier alpha value is -2.00. The van der Waals surface area contributed by atoms with E-state index in [1.807, 2.05) is 0 Å². The fourth-order valence-corrected chi connectivity index (χ4v) is 1.21. The van der Waals surface area contributed by atoms with E-state index >= 15 is 0 Å². The van der Waals surface area contributed by atoms with Crippen LogP contribution >= 0.6 is 0 Å². The average molecular weight is 262 g/mol.